The molecule has 19 heavy (non-hydrogen) atoms. The number of aromatic nitrogens is 4. The van der Waals surface area contributed by atoms with Crippen molar-refractivity contribution < 1.29 is 0 Å². The molecule has 0 bridgehead atoms. The van der Waals surface area contributed by atoms with Crippen LogP contribution in [0.15, 0.2) is 9.59 Å². The molecule has 0 spiro atoms. The molecule has 2 aromatic rings. The third-order valence-electron chi connectivity index (χ3n) is 2.86. The lowest BCUT2D eigenvalue weighted by Gasteiger charge is -2.06. The normalized spacial score (nSPS) is 10.6. The highest BCUT2D eigenvalue weighted by Gasteiger charge is 2.11. The molecule has 0 saturated carbocycles. The second-order valence-corrected chi connectivity index (χ2v) is 5.02. The van der Waals surface area contributed by atoms with Gasteiger partial charge in [0.2, 0.25) is 0 Å². The topological polar surface area (TPSA) is 97.3 Å². The maximum atomic E-state index is 11.9. The summed E-state index contributed by atoms with van der Waals surface area (Å²) in [6, 6.07) is 0. The van der Waals surface area contributed by atoms with E-state index in [1.165, 1.54) is 0 Å². The minimum atomic E-state index is -0.289. The fourth-order valence-electron chi connectivity index (χ4n) is 1.85. The maximum Gasteiger partial charge on any atom is 0.255 e. The second kappa shape index (κ2) is 5.06. The summed E-state index contributed by atoms with van der Waals surface area (Å²) in [6.45, 7) is 3.49. The molecule has 0 aliphatic heterocycles. The van der Waals surface area contributed by atoms with E-state index in [9.17, 15) is 9.59 Å². The van der Waals surface area contributed by atoms with Crippen LogP contribution in [0.2, 0.25) is 0 Å². The van der Waals surface area contributed by atoms with Gasteiger partial charge >= 0.3 is 0 Å². The van der Waals surface area contributed by atoms with Crippen LogP contribution < -0.4 is 11.1 Å². The zero-order valence-electron chi connectivity index (χ0n) is 10.3. The Morgan fingerprint density at radius 3 is 1.47 bits per heavy atom. The molecule has 100 valence electrons. The maximum absolute atomic E-state index is 11.9. The third kappa shape index (κ3) is 2.79. The molecule has 8 heteroatoms. The fraction of sp³-hybridized carbons (Fsp3) is 0.273. The van der Waals surface area contributed by atoms with Crippen LogP contribution in [0.3, 0.4) is 0 Å². The molecule has 0 amide bonds. The molecule has 2 rings (SSSR count). The predicted octanol–water partition coefficient (Wildman–Crippen LogP) is 1.39. The van der Waals surface area contributed by atoms with Gasteiger partial charge in [0.25, 0.3) is 11.1 Å². The van der Waals surface area contributed by atoms with Gasteiger partial charge in [0, 0.05) is 28.9 Å². The van der Waals surface area contributed by atoms with Crippen molar-refractivity contribution in [2.75, 3.05) is 0 Å². The second-order valence-electron chi connectivity index (χ2n) is 4.20. The van der Waals surface area contributed by atoms with Crippen molar-refractivity contribution in [3.63, 3.8) is 0 Å². The number of hydrogen-bond donors (Lipinski definition) is 4. The average Bonchev–Trinajstić information content (AvgIpc) is 2.25. The summed E-state index contributed by atoms with van der Waals surface area (Å²) >= 11 is 9.76. The van der Waals surface area contributed by atoms with Crippen molar-refractivity contribution in [2.45, 2.75) is 20.3 Å². The van der Waals surface area contributed by atoms with Gasteiger partial charge in [-0.3, -0.25) is 19.6 Å². The Kier molecular flexibility index (Phi) is 3.63. The number of H-pyrrole nitrogens is 4. The van der Waals surface area contributed by atoms with Crippen molar-refractivity contribution in [3.8, 4) is 0 Å². The summed E-state index contributed by atoms with van der Waals surface area (Å²) < 4.78 is 0.536. The van der Waals surface area contributed by atoms with Gasteiger partial charge in [-0.2, -0.15) is 0 Å². The van der Waals surface area contributed by atoms with E-state index in [0.29, 0.717) is 22.5 Å². The standard InChI is InChI=1S/C11H12N4O2S2/c1-4-6(8(16)14-10(18)12-4)3-7-5(2)13-11(19)15-9(7)17/h3H2,1-2H3,(H2,12,14,16,18)(H2,13,15,17,19). The van der Waals surface area contributed by atoms with E-state index in [1.54, 1.807) is 13.8 Å². The lowest BCUT2D eigenvalue weighted by atomic mass is 10.1. The molecule has 0 aromatic carbocycles. The largest absolute Gasteiger partial charge is 0.336 e. The van der Waals surface area contributed by atoms with Crippen LogP contribution >= 0.6 is 24.4 Å². The van der Waals surface area contributed by atoms with Gasteiger partial charge < -0.3 is 9.97 Å². The number of nitrogens with one attached hydrogen (secondary N) is 4. The van der Waals surface area contributed by atoms with Crippen LogP contribution in [0.5, 0.6) is 0 Å². The molecular weight excluding hydrogens is 284 g/mol. The zero-order chi connectivity index (χ0) is 14.2. The van der Waals surface area contributed by atoms with Crippen molar-refractivity contribution in [3.05, 3.63) is 52.8 Å². The minimum absolute atomic E-state index is 0.209. The van der Waals surface area contributed by atoms with Crippen LogP contribution in [0, 0.1) is 23.4 Å². The first-order valence-corrected chi connectivity index (χ1v) is 6.34. The Balaban J connectivity index is 2.61. The molecule has 0 fully saturated rings. The molecule has 0 atom stereocenters. The van der Waals surface area contributed by atoms with Crippen molar-refractivity contribution >= 4 is 24.4 Å². The number of aryl methyl sites for hydroxylation is 2. The molecule has 0 saturated heterocycles. The summed E-state index contributed by atoms with van der Waals surface area (Å²) in [7, 11) is 0. The zero-order valence-corrected chi connectivity index (χ0v) is 12.0. The van der Waals surface area contributed by atoms with E-state index in [2.05, 4.69) is 19.9 Å². The summed E-state index contributed by atoms with van der Waals surface area (Å²) in [5.74, 6) is 0. The number of hydrogen-bond acceptors (Lipinski definition) is 4. The monoisotopic (exact) mass is 296 g/mol. The molecule has 4 N–H and O–H groups in total. The highest BCUT2D eigenvalue weighted by atomic mass is 32.1. The van der Waals surface area contributed by atoms with Gasteiger partial charge in [0.1, 0.15) is 0 Å². The first-order chi connectivity index (χ1) is 8.88. The highest BCUT2D eigenvalue weighted by molar-refractivity contribution is 7.71. The quantitative estimate of drug-likeness (QED) is 0.629. The lowest BCUT2D eigenvalue weighted by molar-refractivity contribution is 0.917. The van der Waals surface area contributed by atoms with Crippen LogP contribution in [-0.4, -0.2) is 19.9 Å². The van der Waals surface area contributed by atoms with Gasteiger partial charge in [0.15, 0.2) is 9.54 Å². The van der Waals surface area contributed by atoms with E-state index >= 15 is 0 Å². The molecule has 2 aromatic heterocycles. The Hall–Kier alpha value is -1.80. The Morgan fingerprint density at radius 2 is 1.16 bits per heavy atom. The molecule has 0 unspecified atom stereocenters. The molecule has 2 heterocycles. The van der Waals surface area contributed by atoms with Gasteiger partial charge in [-0.25, -0.2) is 0 Å². The highest BCUT2D eigenvalue weighted by Crippen LogP contribution is 2.07. The average molecular weight is 296 g/mol. The van der Waals surface area contributed by atoms with Crippen molar-refractivity contribution in [2.24, 2.45) is 0 Å². The van der Waals surface area contributed by atoms with Crippen LogP contribution in [0.25, 0.3) is 0 Å². The van der Waals surface area contributed by atoms with Gasteiger partial charge in [-0.05, 0) is 38.3 Å². The minimum Gasteiger partial charge on any atom is -0.336 e. The first kappa shape index (κ1) is 13.6. The summed E-state index contributed by atoms with van der Waals surface area (Å²) in [5, 5.41) is 0. The van der Waals surface area contributed by atoms with Crippen LogP contribution in [0.1, 0.15) is 22.5 Å². The molecule has 6 nitrogen and oxygen atoms in total. The third-order valence-corrected chi connectivity index (χ3v) is 3.27. The Morgan fingerprint density at radius 1 is 0.789 bits per heavy atom. The molecule has 0 aliphatic carbocycles. The van der Waals surface area contributed by atoms with Gasteiger partial charge in [-0.15, -0.1) is 0 Å². The summed E-state index contributed by atoms with van der Waals surface area (Å²) in [5.41, 5.74) is 1.68. The molecule has 0 aliphatic rings. The van der Waals surface area contributed by atoms with Crippen molar-refractivity contribution in [1.29, 1.82) is 0 Å². The van der Waals surface area contributed by atoms with E-state index in [4.69, 9.17) is 24.4 Å². The van der Waals surface area contributed by atoms with E-state index < -0.39 is 0 Å². The smallest absolute Gasteiger partial charge is 0.255 e. The van der Waals surface area contributed by atoms with Gasteiger partial charge in [-0.1, -0.05) is 0 Å². The van der Waals surface area contributed by atoms with Crippen LogP contribution in [-0.2, 0) is 6.42 Å². The van der Waals surface area contributed by atoms with Crippen molar-refractivity contribution in [1.82, 2.24) is 19.9 Å². The van der Waals surface area contributed by atoms with E-state index in [-0.39, 0.29) is 27.1 Å². The number of rotatable bonds is 2. The fourth-order valence-corrected chi connectivity index (χ4v) is 2.35. The summed E-state index contributed by atoms with van der Waals surface area (Å²) in [4.78, 5) is 34.5. The molecule has 0 radical (unpaired) electrons. The number of aromatic amines is 4. The SMILES string of the molecule is Cc1[nH]c(=S)[nH]c(=O)c1Cc1c(C)[nH]c(=S)[nH]c1=O. The van der Waals surface area contributed by atoms with Crippen LogP contribution in [0.4, 0.5) is 0 Å². The molecular formula is C11H12N4O2S2. The van der Waals surface area contributed by atoms with E-state index in [0.717, 1.165) is 0 Å². The van der Waals surface area contributed by atoms with E-state index in [1.807, 2.05) is 0 Å². The van der Waals surface area contributed by atoms with Gasteiger partial charge in [0.05, 0.1) is 0 Å². The summed E-state index contributed by atoms with van der Waals surface area (Å²) in [6.07, 6.45) is 0.209. The lowest BCUT2D eigenvalue weighted by Crippen LogP contribution is -2.22. The first-order valence-electron chi connectivity index (χ1n) is 5.52. The Labute approximate surface area is 118 Å². The predicted molar refractivity (Wildman–Crippen MR) is 76.8 cm³/mol. The Bertz CT molecular complexity index is 785.